The minimum atomic E-state index is -1.07. The zero-order valence-corrected chi connectivity index (χ0v) is 27.2. The molecule has 4 saturated carbocycles. The van der Waals surface area contributed by atoms with E-state index in [4.69, 9.17) is 19.2 Å². The molecule has 5 fully saturated rings. The molecule has 2 heterocycles. The van der Waals surface area contributed by atoms with Gasteiger partial charge in [0, 0.05) is 42.5 Å². The van der Waals surface area contributed by atoms with Crippen molar-refractivity contribution in [2.45, 2.75) is 126 Å². The first-order valence-electron chi connectivity index (χ1n) is 17.5. The Morgan fingerprint density at radius 3 is 2.54 bits per heavy atom. The number of aliphatic hydroxyl groups excluding tert-OH is 2. The molecule has 7 rings (SSSR count). The zero-order chi connectivity index (χ0) is 32.3. The van der Waals surface area contributed by atoms with Gasteiger partial charge < -0.3 is 34.6 Å². The fourth-order valence-corrected chi connectivity index (χ4v) is 10.9. The molecule has 6 aliphatic rings. The molecule has 2 aliphatic heterocycles. The van der Waals surface area contributed by atoms with E-state index in [0.717, 1.165) is 31.3 Å². The Kier molecular flexibility index (Phi) is 8.51. The Balaban J connectivity index is 1.16. The van der Waals surface area contributed by atoms with Gasteiger partial charge in [-0.2, -0.15) is 0 Å². The largest absolute Gasteiger partial charge is 0.458 e. The van der Waals surface area contributed by atoms with Gasteiger partial charge in [0.1, 0.15) is 12.7 Å². The second-order valence-electron chi connectivity index (χ2n) is 15.5. The molecule has 0 spiro atoms. The van der Waals surface area contributed by atoms with Crippen molar-refractivity contribution in [3.05, 3.63) is 47.5 Å². The molecule has 0 bridgehead atoms. The van der Waals surface area contributed by atoms with Crippen molar-refractivity contribution in [2.75, 3.05) is 13.2 Å². The number of fused-ring (bicyclic) bond motifs is 5. The minimum absolute atomic E-state index is 0.00681. The number of hydrogen-bond acceptors (Lipinski definition) is 9. The van der Waals surface area contributed by atoms with Gasteiger partial charge in [-0.15, -0.1) is 0 Å². The summed E-state index contributed by atoms with van der Waals surface area (Å²) in [5.41, 5.74) is -0.707. The number of benzene rings is 1. The number of carbonyl (C=O) groups is 1. The molecular formula is C37H51NO8. The van der Waals surface area contributed by atoms with Crippen LogP contribution in [-0.2, 0) is 25.4 Å². The molecule has 0 aromatic heterocycles. The van der Waals surface area contributed by atoms with Crippen LogP contribution in [0, 0.1) is 28.6 Å². The molecule has 46 heavy (non-hydrogen) atoms. The second kappa shape index (κ2) is 12.1. The van der Waals surface area contributed by atoms with Gasteiger partial charge in [0.25, 0.3) is 0 Å². The topological polar surface area (TPSA) is 138 Å². The van der Waals surface area contributed by atoms with E-state index in [1.54, 1.807) is 13.0 Å². The van der Waals surface area contributed by atoms with Crippen molar-refractivity contribution in [1.29, 1.82) is 0 Å². The average Bonchev–Trinajstić information content (AvgIpc) is 3.58. The van der Waals surface area contributed by atoms with Crippen molar-refractivity contribution in [3.63, 3.8) is 0 Å². The van der Waals surface area contributed by atoms with E-state index in [-0.39, 0.29) is 41.7 Å². The first-order chi connectivity index (χ1) is 22.0. The summed E-state index contributed by atoms with van der Waals surface area (Å²) in [6, 6.07) is 10.3. The highest BCUT2D eigenvalue weighted by molar-refractivity contribution is 5.85. The van der Waals surface area contributed by atoms with Gasteiger partial charge in [-0.1, -0.05) is 37.3 Å². The number of hydrogen-bond donors (Lipinski definition) is 4. The molecular weight excluding hydrogens is 586 g/mol. The number of ether oxygens (including phenoxy) is 3. The van der Waals surface area contributed by atoms with E-state index < -0.39 is 41.2 Å². The van der Waals surface area contributed by atoms with Crippen molar-refractivity contribution < 1.29 is 39.4 Å². The maximum absolute atomic E-state index is 12.7. The van der Waals surface area contributed by atoms with Crippen LogP contribution in [0.15, 0.2) is 47.0 Å². The first kappa shape index (κ1) is 32.4. The third kappa shape index (κ3) is 5.21. The highest BCUT2D eigenvalue weighted by Gasteiger charge is 2.71. The van der Waals surface area contributed by atoms with Gasteiger partial charge in [0.05, 0.1) is 29.5 Å². The summed E-state index contributed by atoms with van der Waals surface area (Å²) in [4.78, 5) is 17.0. The molecule has 0 amide bonds. The lowest BCUT2D eigenvalue weighted by atomic mass is 9.41. The number of aliphatic imine (C=N–C) groups is 1. The Morgan fingerprint density at radius 1 is 1.02 bits per heavy atom. The highest BCUT2D eigenvalue weighted by atomic mass is 16.7. The average molecular weight is 638 g/mol. The number of cyclic esters (lactones) is 1. The van der Waals surface area contributed by atoms with E-state index in [2.05, 4.69) is 25.3 Å². The van der Waals surface area contributed by atoms with E-state index >= 15 is 0 Å². The Morgan fingerprint density at radius 2 is 1.80 bits per heavy atom. The molecule has 0 radical (unpaired) electrons. The van der Waals surface area contributed by atoms with E-state index in [1.165, 1.54) is 5.56 Å². The number of esters is 1. The Hall–Kier alpha value is -2.14. The number of rotatable bonds is 7. The van der Waals surface area contributed by atoms with Crippen LogP contribution in [0.4, 0.5) is 0 Å². The first-order valence-corrected chi connectivity index (χ1v) is 17.5. The van der Waals surface area contributed by atoms with Gasteiger partial charge in [-0.05, 0) is 93.6 Å². The Labute approximate surface area is 272 Å². The lowest BCUT2D eigenvalue weighted by Gasteiger charge is -2.66. The number of aliphatic hydroxyl groups is 4. The molecule has 0 unspecified atom stereocenters. The van der Waals surface area contributed by atoms with Crippen molar-refractivity contribution in [2.24, 2.45) is 33.6 Å². The van der Waals surface area contributed by atoms with E-state index in [0.29, 0.717) is 51.7 Å². The molecule has 1 saturated heterocycles. The van der Waals surface area contributed by atoms with Gasteiger partial charge in [0.15, 0.2) is 6.29 Å². The van der Waals surface area contributed by atoms with Crippen LogP contribution >= 0.6 is 0 Å². The van der Waals surface area contributed by atoms with Crippen LogP contribution in [0.1, 0.15) is 83.6 Å². The van der Waals surface area contributed by atoms with Crippen molar-refractivity contribution >= 4 is 12.2 Å². The maximum Gasteiger partial charge on any atom is 0.331 e. The normalized spacial score (nSPS) is 47.2. The maximum atomic E-state index is 12.7. The van der Waals surface area contributed by atoms with Gasteiger partial charge in [-0.25, -0.2) is 4.79 Å². The van der Waals surface area contributed by atoms with Crippen LogP contribution in [0.25, 0.3) is 0 Å². The minimum Gasteiger partial charge on any atom is -0.458 e. The molecule has 1 aromatic carbocycles. The molecule has 9 nitrogen and oxygen atoms in total. The summed E-state index contributed by atoms with van der Waals surface area (Å²) in [7, 11) is 0. The van der Waals surface area contributed by atoms with Crippen molar-refractivity contribution in [1.82, 2.24) is 0 Å². The predicted octanol–water partition coefficient (Wildman–Crippen LogP) is 3.89. The summed E-state index contributed by atoms with van der Waals surface area (Å²) in [5.74, 6) is -0.110. The highest BCUT2D eigenvalue weighted by Crippen LogP contribution is 2.70. The SMILES string of the molecule is C[C@@H]1O[C@@H](O[C@@H]2CC[C@]3(C=NCCc4ccccc4)[C@H]4CC[C@]5(C)[C@@H](C6=CC(=O)OC6)CC[C@@]5(O)[C@@H]4CC[C@]3(O)C2)C[C@@H](O)[C@H]1O. The molecule has 252 valence electrons. The zero-order valence-electron chi connectivity index (χ0n) is 27.2. The van der Waals surface area contributed by atoms with E-state index in [9.17, 15) is 25.2 Å². The third-order valence-electron chi connectivity index (χ3n) is 13.3. The fraction of sp³-hybridized carbons (Fsp3) is 0.730. The molecule has 4 aliphatic carbocycles. The smallest absolute Gasteiger partial charge is 0.331 e. The molecule has 12 atom stereocenters. The number of carbonyl (C=O) groups excluding carboxylic acids is 1. The van der Waals surface area contributed by atoms with Gasteiger partial charge in [-0.3, -0.25) is 4.99 Å². The monoisotopic (exact) mass is 637 g/mol. The quantitative estimate of drug-likeness (QED) is 0.201. The lowest BCUT2D eigenvalue weighted by Crippen LogP contribution is -2.69. The van der Waals surface area contributed by atoms with Crippen molar-refractivity contribution in [3.8, 4) is 0 Å². The van der Waals surface area contributed by atoms with Crippen LogP contribution in [0.3, 0.4) is 0 Å². The van der Waals surface area contributed by atoms with Gasteiger partial charge >= 0.3 is 5.97 Å². The summed E-state index contributed by atoms with van der Waals surface area (Å²) in [5, 5.41) is 46.0. The number of nitrogens with zero attached hydrogens (tertiary/aromatic N) is 1. The second-order valence-corrected chi connectivity index (χ2v) is 15.5. The third-order valence-corrected chi connectivity index (χ3v) is 13.3. The van der Waals surface area contributed by atoms with Crippen LogP contribution in [0.5, 0.6) is 0 Å². The van der Waals surface area contributed by atoms with Crippen LogP contribution in [0.2, 0.25) is 0 Å². The summed E-state index contributed by atoms with van der Waals surface area (Å²) < 4.78 is 17.6. The van der Waals surface area contributed by atoms with Crippen LogP contribution < -0.4 is 0 Å². The Bertz CT molecular complexity index is 1340. The molecule has 4 N–H and O–H groups in total. The summed E-state index contributed by atoms with van der Waals surface area (Å²) >= 11 is 0. The fourth-order valence-electron chi connectivity index (χ4n) is 10.9. The predicted molar refractivity (Wildman–Crippen MR) is 171 cm³/mol. The lowest BCUT2D eigenvalue weighted by molar-refractivity contribution is -0.282. The van der Waals surface area contributed by atoms with Gasteiger partial charge in [0.2, 0.25) is 0 Å². The van der Waals surface area contributed by atoms with E-state index in [1.807, 2.05) is 18.2 Å². The molecule has 9 heteroatoms. The van der Waals surface area contributed by atoms with Crippen LogP contribution in [-0.4, -0.2) is 87.7 Å². The summed E-state index contributed by atoms with van der Waals surface area (Å²) in [6.45, 7) is 4.90. The summed E-state index contributed by atoms with van der Waals surface area (Å²) in [6.07, 6.45) is 7.68. The molecule has 1 aromatic rings. The standard InChI is InChI=1S/C37H51NO8/c1-23-33(41)30(39)19-32(45-23)46-26-8-14-35(22-38-17-12-24-6-4-3-5-7-24)28-9-13-34(2)27(25-18-31(40)44-21-25)11-16-37(34,43)29(28)10-15-36(35,42)20-26/h3-7,18,22-23,26-30,32-33,39,41-43H,8-17,19-21H2,1-2H3/t23-,26+,27+,28-,29+,30+,32-,33-,34+,35-,36-,37+/m0/s1.